The monoisotopic (exact) mass is 367 g/mol. The fraction of sp³-hybridized carbons (Fsp3) is 0.471. The van der Waals surface area contributed by atoms with Gasteiger partial charge in [0.05, 0.1) is 11.0 Å². The van der Waals surface area contributed by atoms with Crippen molar-refractivity contribution < 1.29 is 10.2 Å². The van der Waals surface area contributed by atoms with Gasteiger partial charge in [-0.15, -0.1) is 0 Å². The summed E-state index contributed by atoms with van der Waals surface area (Å²) in [6.45, 7) is 4.61. The van der Waals surface area contributed by atoms with E-state index < -0.39 is 0 Å². The molecule has 0 aliphatic carbocycles. The Balaban J connectivity index is 1.86. The van der Waals surface area contributed by atoms with Crippen LogP contribution >= 0.6 is 32.9 Å². The van der Waals surface area contributed by atoms with Crippen LogP contribution in [-0.2, 0) is 13.0 Å². The fourth-order valence-corrected chi connectivity index (χ4v) is 6.10. The van der Waals surface area contributed by atoms with Crippen LogP contribution in [0.2, 0.25) is 0 Å². The summed E-state index contributed by atoms with van der Waals surface area (Å²) in [4.78, 5) is 3.53. The number of piperidine rings is 1. The summed E-state index contributed by atoms with van der Waals surface area (Å²) in [6, 6.07) is 5.86. The molecular formula is C17H21NO2S3. The van der Waals surface area contributed by atoms with Gasteiger partial charge in [-0.1, -0.05) is 39.8 Å². The van der Waals surface area contributed by atoms with Crippen LogP contribution in [0.15, 0.2) is 18.2 Å². The first-order valence-electron chi connectivity index (χ1n) is 7.93. The molecular weight excluding hydrogens is 346 g/mol. The van der Waals surface area contributed by atoms with E-state index in [1.54, 1.807) is 26.7 Å². The zero-order valence-corrected chi connectivity index (χ0v) is 15.6. The molecule has 0 amide bonds. The summed E-state index contributed by atoms with van der Waals surface area (Å²) in [5.41, 5.74) is 3.34. The summed E-state index contributed by atoms with van der Waals surface area (Å²) in [6.07, 6.45) is 2.39. The highest BCUT2D eigenvalue weighted by atomic mass is 32.9. The largest absolute Gasteiger partial charge is 0.508 e. The van der Waals surface area contributed by atoms with Crippen LogP contribution in [0.4, 0.5) is 0 Å². The third-order valence-corrected chi connectivity index (χ3v) is 7.56. The van der Waals surface area contributed by atoms with E-state index in [2.05, 4.69) is 17.9 Å². The average Bonchev–Trinajstić information content (AvgIpc) is 2.92. The molecule has 0 saturated carbocycles. The maximum atomic E-state index is 10.2. The van der Waals surface area contributed by atoms with E-state index in [1.807, 2.05) is 6.07 Å². The zero-order chi connectivity index (χ0) is 16.4. The van der Waals surface area contributed by atoms with Crippen molar-refractivity contribution in [2.45, 2.75) is 38.8 Å². The summed E-state index contributed by atoms with van der Waals surface area (Å²) < 4.78 is 0.979. The van der Waals surface area contributed by atoms with Crippen LogP contribution in [0.1, 0.15) is 30.9 Å². The number of aliphatic hydroxyl groups is 1. The molecule has 1 aliphatic rings. The molecule has 23 heavy (non-hydrogen) atoms. The minimum Gasteiger partial charge on any atom is -0.508 e. The molecule has 0 unspecified atom stereocenters. The number of nitrogens with zero attached hydrogens (tertiary/aromatic N) is 1. The first-order valence-corrected chi connectivity index (χ1v) is 10.5. The highest BCUT2D eigenvalue weighted by Gasteiger charge is 2.19. The van der Waals surface area contributed by atoms with E-state index in [0.29, 0.717) is 5.75 Å². The Morgan fingerprint density at radius 3 is 2.70 bits per heavy atom. The van der Waals surface area contributed by atoms with E-state index >= 15 is 0 Å². The molecule has 124 valence electrons. The molecule has 1 aromatic heterocycles. The van der Waals surface area contributed by atoms with Gasteiger partial charge in [-0.25, -0.2) is 0 Å². The van der Waals surface area contributed by atoms with Gasteiger partial charge < -0.3 is 10.2 Å². The third-order valence-electron chi connectivity index (χ3n) is 4.37. The maximum Gasteiger partial charge on any atom is 0.120 e. The minimum absolute atomic E-state index is 0.170. The highest BCUT2D eigenvalue weighted by molar-refractivity contribution is 7.80. The quantitative estimate of drug-likeness (QED) is 0.620. The number of phenolic OH excluding ortho intramolecular Hbond substituents is 1. The lowest BCUT2D eigenvalue weighted by molar-refractivity contribution is 0.0789. The molecule has 2 heterocycles. The first kappa shape index (κ1) is 17.0. The van der Waals surface area contributed by atoms with Gasteiger partial charge in [0, 0.05) is 25.2 Å². The molecule has 0 radical (unpaired) electrons. The van der Waals surface area contributed by atoms with E-state index in [4.69, 9.17) is 12.2 Å². The normalized spacial score (nSPS) is 16.8. The Morgan fingerprint density at radius 1 is 1.26 bits per heavy atom. The topological polar surface area (TPSA) is 43.7 Å². The lowest BCUT2D eigenvalue weighted by Crippen LogP contribution is -2.35. The number of aromatic hydroxyl groups is 1. The smallest absolute Gasteiger partial charge is 0.120 e. The summed E-state index contributed by atoms with van der Waals surface area (Å²) in [5, 5.41) is 19.8. The van der Waals surface area contributed by atoms with Crippen molar-refractivity contribution >= 4 is 32.9 Å². The fourth-order valence-electron chi connectivity index (χ4n) is 2.97. The molecule has 3 nitrogen and oxygen atoms in total. The number of phenols is 1. The van der Waals surface area contributed by atoms with Crippen molar-refractivity contribution in [2.75, 3.05) is 13.1 Å². The van der Waals surface area contributed by atoms with Gasteiger partial charge in [0.1, 0.15) is 9.57 Å². The standard InChI is InChI=1S/C17H21NO2S3/c1-2-14-16(22-23-17(14)21)11-3-4-15(20)12(9-11)10-18-7-5-13(19)6-8-18/h3-4,9,13,19-20H,2,5-8,10H2,1H3. The Morgan fingerprint density at radius 2 is 2.00 bits per heavy atom. The Labute approximate surface area is 149 Å². The lowest BCUT2D eigenvalue weighted by atomic mass is 10.0. The van der Waals surface area contributed by atoms with Crippen LogP contribution in [0.5, 0.6) is 5.75 Å². The van der Waals surface area contributed by atoms with E-state index in [0.717, 1.165) is 53.8 Å². The van der Waals surface area contributed by atoms with E-state index in [1.165, 1.54) is 10.4 Å². The minimum atomic E-state index is -0.170. The molecule has 3 rings (SSSR count). The molecule has 1 fully saturated rings. The van der Waals surface area contributed by atoms with Crippen molar-refractivity contribution in [3.63, 3.8) is 0 Å². The SMILES string of the molecule is CCc1c(-c2ccc(O)c(CN3CCC(O)CC3)c2)ssc1=S. The Hall–Kier alpha value is -0.790. The third kappa shape index (κ3) is 3.83. The van der Waals surface area contributed by atoms with Crippen LogP contribution < -0.4 is 0 Å². The molecule has 2 aromatic rings. The maximum absolute atomic E-state index is 10.2. The van der Waals surface area contributed by atoms with E-state index in [-0.39, 0.29) is 6.10 Å². The predicted octanol–water partition coefficient (Wildman–Crippen LogP) is 4.43. The molecule has 1 saturated heterocycles. The van der Waals surface area contributed by atoms with Crippen LogP contribution in [-0.4, -0.2) is 34.3 Å². The second kappa shape index (κ2) is 7.40. The van der Waals surface area contributed by atoms with Crippen LogP contribution in [0.25, 0.3) is 10.4 Å². The molecule has 1 aromatic carbocycles. The van der Waals surface area contributed by atoms with Crippen molar-refractivity contribution in [2.24, 2.45) is 0 Å². The van der Waals surface area contributed by atoms with Gasteiger partial charge in [0.25, 0.3) is 0 Å². The molecule has 0 bridgehead atoms. The molecule has 2 N–H and O–H groups in total. The number of rotatable bonds is 4. The van der Waals surface area contributed by atoms with Gasteiger partial charge in [0.15, 0.2) is 0 Å². The summed E-state index contributed by atoms with van der Waals surface area (Å²) in [7, 11) is 3.38. The Bertz CT molecular complexity index is 730. The van der Waals surface area contributed by atoms with Gasteiger partial charge in [-0.05, 0) is 48.6 Å². The first-order chi connectivity index (χ1) is 11.1. The van der Waals surface area contributed by atoms with Crippen LogP contribution in [0.3, 0.4) is 0 Å². The van der Waals surface area contributed by atoms with E-state index in [9.17, 15) is 10.2 Å². The molecule has 0 atom stereocenters. The number of hydrogen-bond acceptors (Lipinski definition) is 6. The molecule has 1 aliphatic heterocycles. The number of benzene rings is 1. The number of aliphatic hydroxyl groups excluding tert-OH is 1. The summed E-state index contributed by atoms with van der Waals surface area (Å²) >= 11 is 5.42. The molecule has 0 spiro atoms. The average molecular weight is 368 g/mol. The predicted molar refractivity (Wildman–Crippen MR) is 100 cm³/mol. The lowest BCUT2D eigenvalue weighted by Gasteiger charge is -2.29. The van der Waals surface area contributed by atoms with Gasteiger partial charge >= 0.3 is 0 Å². The zero-order valence-electron chi connectivity index (χ0n) is 13.1. The molecule has 6 heteroatoms. The second-order valence-corrected chi connectivity index (χ2v) is 8.78. The van der Waals surface area contributed by atoms with Gasteiger partial charge in [-0.2, -0.15) is 0 Å². The van der Waals surface area contributed by atoms with Crippen molar-refractivity contribution in [3.8, 4) is 16.2 Å². The van der Waals surface area contributed by atoms with Crippen molar-refractivity contribution in [1.82, 2.24) is 4.90 Å². The number of hydrogen-bond donors (Lipinski definition) is 2. The van der Waals surface area contributed by atoms with Gasteiger partial charge in [0.2, 0.25) is 0 Å². The second-order valence-electron chi connectivity index (χ2n) is 5.97. The van der Waals surface area contributed by atoms with Crippen molar-refractivity contribution in [3.05, 3.63) is 33.1 Å². The number of likely N-dealkylation sites (tertiary alicyclic amines) is 1. The highest BCUT2D eigenvalue weighted by Crippen LogP contribution is 2.37. The van der Waals surface area contributed by atoms with Crippen molar-refractivity contribution in [1.29, 1.82) is 0 Å². The van der Waals surface area contributed by atoms with Crippen LogP contribution in [0, 0.1) is 3.82 Å². The summed E-state index contributed by atoms with van der Waals surface area (Å²) in [5.74, 6) is 0.344. The van der Waals surface area contributed by atoms with Gasteiger partial charge in [-0.3, -0.25) is 4.90 Å². The Kier molecular flexibility index (Phi) is 5.49.